The summed E-state index contributed by atoms with van der Waals surface area (Å²) in [6.07, 6.45) is 0. The molecule has 0 aliphatic carbocycles. The monoisotopic (exact) mass is 387 g/mol. The van der Waals surface area contributed by atoms with Crippen LogP contribution in [0.25, 0.3) is 11.4 Å². The standard InChI is InChI=1S/C18H21N5OS2/c1-5-23-15(14-9-7-6-8-11(14)2)21-22-18(23)26-13(4)16(24)20-17-19-12(3)10-25-17/h6-10,13H,5H2,1-4H3,(H,19,20,24)/t13-/m1/s1. The molecule has 1 aromatic carbocycles. The average molecular weight is 388 g/mol. The van der Waals surface area contributed by atoms with Crippen molar-refractivity contribution in [3.63, 3.8) is 0 Å². The Kier molecular flexibility index (Phi) is 5.73. The molecular formula is C18H21N5OS2. The molecule has 0 radical (unpaired) electrons. The van der Waals surface area contributed by atoms with Crippen LogP contribution < -0.4 is 5.32 Å². The Morgan fingerprint density at radius 3 is 2.73 bits per heavy atom. The van der Waals surface area contributed by atoms with Crippen LogP contribution in [0.5, 0.6) is 0 Å². The van der Waals surface area contributed by atoms with Crippen LogP contribution >= 0.6 is 23.1 Å². The van der Waals surface area contributed by atoms with Gasteiger partial charge in [0.1, 0.15) is 0 Å². The molecule has 1 atom stereocenters. The van der Waals surface area contributed by atoms with Gasteiger partial charge in [-0.25, -0.2) is 4.98 Å². The fourth-order valence-electron chi connectivity index (χ4n) is 2.51. The van der Waals surface area contributed by atoms with E-state index in [9.17, 15) is 4.79 Å². The molecule has 0 unspecified atom stereocenters. The number of aromatic nitrogens is 4. The van der Waals surface area contributed by atoms with E-state index >= 15 is 0 Å². The maximum atomic E-state index is 12.4. The van der Waals surface area contributed by atoms with Crippen LogP contribution in [0.1, 0.15) is 25.1 Å². The van der Waals surface area contributed by atoms with Gasteiger partial charge >= 0.3 is 0 Å². The lowest BCUT2D eigenvalue weighted by molar-refractivity contribution is -0.115. The first-order valence-electron chi connectivity index (χ1n) is 8.38. The Morgan fingerprint density at radius 1 is 1.31 bits per heavy atom. The third-order valence-corrected chi connectivity index (χ3v) is 5.88. The number of thioether (sulfide) groups is 1. The molecule has 136 valence electrons. The van der Waals surface area contributed by atoms with Crippen molar-refractivity contribution in [3.05, 3.63) is 40.9 Å². The minimum absolute atomic E-state index is 0.0903. The highest BCUT2D eigenvalue weighted by molar-refractivity contribution is 8.00. The Balaban J connectivity index is 1.77. The SMILES string of the molecule is CCn1c(S[C@H](C)C(=O)Nc2nc(C)cs2)nnc1-c1ccccc1C. The highest BCUT2D eigenvalue weighted by Gasteiger charge is 2.21. The van der Waals surface area contributed by atoms with Gasteiger partial charge in [-0.05, 0) is 33.3 Å². The van der Waals surface area contributed by atoms with E-state index in [1.807, 2.05) is 42.0 Å². The minimum Gasteiger partial charge on any atom is -0.302 e. The number of carbonyl (C=O) groups excluding carboxylic acids is 1. The smallest absolute Gasteiger partial charge is 0.239 e. The molecule has 6 nitrogen and oxygen atoms in total. The molecule has 0 aliphatic heterocycles. The summed E-state index contributed by atoms with van der Waals surface area (Å²) in [5.74, 6) is 0.740. The van der Waals surface area contributed by atoms with E-state index in [4.69, 9.17) is 0 Å². The van der Waals surface area contributed by atoms with Gasteiger partial charge in [-0.15, -0.1) is 21.5 Å². The van der Waals surface area contributed by atoms with Crippen molar-refractivity contribution in [3.8, 4) is 11.4 Å². The summed E-state index contributed by atoms with van der Waals surface area (Å²) >= 11 is 2.83. The number of rotatable bonds is 6. The van der Waals surface area contributed by atoms with Crippen LogP contribution in [-0.4, -0.2) is 30.9 Å². The van der Waals surface area contributed by atoms with Gasteiger partial charge in [-0.3, -0.25) is 4.79 Å². The van der Waals surface area contributed by atoms with Gasteiger partial charge in [-0.2, -0.15) is 0 Å². The van der Waals surface area contributed by atoms with E-state index in [1.54, 1.807) is 0 Å². The second kappa shape index (κ2) is 8.01. The van der Waals surface area contributed by atoms with Gasteiger partial charge in [-0.1, -0.05) is 36.0 Å². The molecule has 0 saturated heterocycles. The lowest BCUT2D eigenvalue weighted by atomic mass is 10.1. The van der Waals surface area contributed by atoms with Gasteiger partial charge < -0.3 is 9.88 Å². The Bertz CT molecular complexity index is 918. The normalized spacial score (nSPS) is 12.2. The number of thiazole rings is 1. The zero-order valence-corrected chi connectivity index (χ0v) is 16.8. The quantitative estimate of drug-likeness (QED) is 0.643. The first kappa shape index (κ1) is 18.6. The van der Waals surface area contributed by atoms with E-state index in [0.29, 0.717) is 5.13 Å². The lowest BCUT2D eigenvalue weighted by Gasteiger charge is -2.12. The number of aryl methyl sites for hydroxylation is 2. The summed E-state index contributed by atoms with van der Waals surface area (Å²) in [5, 5.41) is 14.5. The largest absolute Gasteiger partial charge is 0.302 e. The minimum atomic E-state index is -0.307. The average Bonchev–Trinajstić information content (AvgIpc) is 3.21. The van der Waals surface area contributed by atoms with Crippen LogP contribution in [-0.2, 0) is 11.3 Å². The van der Waals surface area contributed by atoms with Crippen molar-refractivity contribution in [2.45, 2.75) is 44.6 Å². The van der Waals surface area contributed by atoms with Gasteiger partial charge in [0.15, 0.2) is 16.1 Å². The third-order valence-electron chi connectivity index (χ3n) is 3.92. The molecule has 1 amide bonds. The third kappa shape index (κ3) is 3.96. The van der Waals surface area contributed by atoms with E-state index in [0.717, 1.165) is 34.3 Å². The number of carbonyl (C=O) groups is 1. The van der Waals surface area contributed by atoms with Crippen LogP contribution in [0, 0.1) is 13.8 Å². The number of nitrogens with zero attached hydrogens (tertiary/aromatic N) is 4. The number of benzene rings is 1. The molecule has 3 rings (SSSR count). The molecule has 0 bridgehead atoms. The Morgan fingerprint density at radius 2 is 2.08 bits per heavy atom. The van der Waals surface area contributed by atoms with E-state index in [-0.39, 0.29) is 11.2 Å². The number of hydrogen-bond acceptors (Lipinski definition) is 6. The van der Waals surface area contributed by atoms with Crippen molar-refractivity contribution in [1.82, 2.24) is 19.7 Å². The summed E-state index contributed by atoms with van der Waals surface area (Å²) < 4.78 is 2.05. The van der Waals surface area contributed by atoms with Crippen molar-refractivity contribution in [2.75, 3.05) is 5.32 Å². The highest BCUT2D eigenvalue weighted by Crippen LogP contribution is 2.29. The van der Waals surface area contributed by atoms with Crippen molar-refractivity contribution in [2.24, 2.45) is 0 Å². The molecule has 0 fully saturated rings. The van der Waals surface area contributed by atoms with Crippen molar-refractivity contribution < 1.29 is 4.79 Å². The van der Waals surface area contributed by atoms with Crippen LogP contribution in [0.2, 0.25) is 0 Å². The van der Waals surface area contributed by atoms with Crippen LogP contribution in [0.4, 0.5) is 5.13 Å². The molecule has 3 aromatic rings. The molecule has 0 aliphatic rings. The number of amides is 1. The maximum Gasteiger partial charge on any atom is 0.239 e. The van der Waals surface area contributed by atoms with E-state index < -0.39 is 0 Å². The lowest BCUT2D eigenvalue weighted by Crippen LogP contribution is -2.22. The summed E-state index contributed by atoms with van der Waals surface area (Å²) in [6, 6.07) is 8.10. The second-order valence-corrected chi connectivity index (χ2v) is 8.07. The molecule has 26 heavy (non-hydrogen) atoms. The number of nitrogens with one attached hydrogen (secondary N) is 1. The zero-order chi connectivity index (χ0) is 18.7. The fraction of sp³-hybridized carbons (Fsp3) is 0.333. The maximum absolute atomic E-state index is 12.4. The summed E-state index contributed by atoms with van der Waals surface area (Å²) in [4.78, 5) is 16.7. The fourth-order valence-corrected chi connectivity index (χ4v) is 4.12. The number of hydrogen-bond donors (Lipinski definition) is 1. The molecule has 0 spiro atoms. The summed E-state index contributed by atoms with van der Waals surface area (Å²) in [6.45, 7) is 8.62. The van der Waals surface area contributed by atoms with Crippen molar-refractivity contribution >= 4 is 34.1 Å². The van der Waals surface area contributed by atoms with Gasteiger partial charge in [0.2, 0.25) is 5.91 Å². The molecule has 0 saturated carbocycles. The Hall–Kier alpha value is -2.19. The van der Waals surface area contributed by atoms with Crippen LogP contribution in [0.3, 0.4) is 0 Å². The molecular weight excluding hydrogens is 366 g/mol. The molecule has 1 N–H and O–H groups in total. The molecule has 2 aromatic heterocycles. The highest BCUT2D eigenvalue weighted by atomic mass is 32.2. The van der Waals surface area contributed by atoms with Gasteiger partial charge in [0.25, 0.3) is 0 Å². The summed E-state index contributed by atoms with van der Waals surface area (Å²) in [5.41, 5.74) is 3.11. The Labute approximate surface area is 161 Å². The first-order chi connectivity index (χ1) is 12.5. The first-order valence-corrected chi connectivity index (χ1v) is 10.1. The van der Waals surface area contributed by atoms with Gasteiger partial charge in [0.05, 0.1) is 10.9 Å². The number of anilines is 1. The zero-order valence-electron chi connectivity index (χ0n) is 15.2. The van der Waals surface area contributed by atoms with Crippen LogP contribution in [0.15, 0.2) is 34.8 Å². The van der Waals surface area contributed by atoms with E-state index in [1.165, 1.54) is 23.1 Å². The van der Waals surface area contributed by atoms with E-state index in [2.05, 4.69) is 40.4 Å². The second-order valence-electron chi connectivity index (χ2n) is 5.91. The molecule has 2 heterocycles. The summed E-state index contributed by atoms with van der Waals surface area (Å²) in [7, 11) is 0. The van der Waals surface area contributed by atoms with Crippen molar-refractivity contribution in [1.29, 1.82) is 0 Å². The van der Waals surface area contributed by atoms with Gasteiger partial charge in [0, 0.05) is 17.5 Å². The predicted molar refractivity (Wildman–Crippen MR) is 107 cm³/mol. The topological polar surface area (TPSA) is 72.7 Å². The molecule has 8 heteroatoms. The predicted octanol–water partition coefficient (Wildman–Crippen LogP) is 4.16.